The Kier molecular flexibility index (Phi) is 7.21. The zero-order chi connectivity index (χ0) is 24.5. The maximum absolute atomic E-state index is 13.7. The molecule has 5 rings (SSSR count). The van der Waals surface area contributed by atoms with Gasteiger partial charge in [0.05, 0.1) is 35.0 Å². The predicted molar refractivity (Wildman–Crippen MR) is 142 cm³/mol. The number of fused-ring (bicyclic) bond motifs is 1. The fraction of sp³-hybridized carbons (Fsp3) is 0.519. The number of anilines is 1. The molecule has 2 saturated heterocycles. The molecule has 0 atom stereocenters. The van der Waals surface area contributed by atoms with E-state index in [2.05, 4.69) is 41.8 Å². The second kappa shape index (κ2) is 10.3. The Morgan fingerprint density at radius 2 is 1.71 bits per heavy atom. The molecule has 2 aromatic carbocycles. The van der Waals surface area contributed by atoms with Crippen LogP contribution in [0.2, 0.25) is 5.02 Å². The van der Waals surface area contributed by atoms with Crippen molar-refractivity contribution in [1.29, 1.82) is 0 Å². The lowest BCUT2D eigenvalue weighted by Crippen LogP contribution is -2.40. The topological polar surface area (TPSA) is 68.7 Å². The van der Waals surface area contributed by atoms with E-state index in [-0.39, 0.29) is 11.7 Å². The van der Waals surface area contributed by atoms with Gasteiger partial charge in [-0.15, -0.1) is 0 Å². The number of imidazole rings is 1. The van der Waals surface area contributed by atoms with Crippen molar-refractivity contribution in [3.8, 4) is 0 Å². The van der Waals surface area contributed by atoms with Gasteiger partial charge in [0.15, 0.2) is 0 Å². The summed E-state index contributed by atoms with van der Waals surface area (Å²) in [5.74, 6) is 0. The third-order valence-corrected chi connectivity index (χ3v) is 7.97. The average molecular weight is 498 g/mol. The number of hydrogen-bond donors (Lipinski definition) is 1. The van der Waals surface area contributed by atoms with E-state index in [0.717, 1.165) is 76.4 Å². The molecule has 3 aromatic rings. The summed E-state index contributed by atoms with van der Waals surface area (Å²) in [6, 6.07) is 10.6. The molecular weight excluding hydrogens is 462 g/mol. The summed E-state index contributed by atoms with van der Waals surface area (Å²) < 4.78 is 9.34. The molecule has 0 spiro atoms. The van der Waals surface area contributed by atoms with Crippen molar-refractivity contribution >= 4 is 28.3 Å². The second-order valence-electron chi connectivity index (χ2n) is 10.1. The van der Waals surface area contributed by atoms with Crippen molar-refractivity contribution in [3.05, 3.63) is 62.5 Å². The zero-order valence-electron chi connectivity index (χ0n) is 20.8. The van der Waals surface area contributed by atoms with Crippen LogP contribution in [0, 0.1) is 13.8 Å². The van der Waals surface area contributed by atoms with Gasteiger partial charge < -0.3 is 10.5 Å². The van der Waals surface area contributed by atoms with Crippen LogP contribution in [0.5, 0.6) is 0 Å². The minimum Gasteiger partial charge on any atom is -0.397 e. The van der Waals surface area contributed by atoms with Gasteiger partial charge in [0, 0.05) is 51.9 Å². The Hall–Kier alpha value is -2.32. The summed E-state index contributed by atoms with van der Waals surface area (Å²) in [5.41, 5.74) is 12.5. The van der Waals surface area contributed by atoms with Gasteiger partial charge in [-0.2, -0.15) is 0 Å². The van der Waals surface area contributed by atoms with Crippen LogP contribution >= 0.6 is 11.6 Å². The molecule has 7 nitrogen and oxygen atoms in total. The molecule has 2 fully saturated rings. The molecule has 0 radical (unpaired) electrons. The molecule has 2 aliphatic heterocycles. The largest absolute Gasteiger partial charge is 0.397 e. The lowest BCUT2D eigenvalue weighted by Gasteiger charge is -2.33. The van der Waals surface area contributed by atoms with Crippen molar-refractivity contribution < 1.29 is 4.74 Å². The maximum Gasteiger partial charge on any atom is 0.329 e. The number of benzene rings is 2. The van der Waals surface area contributed by atoms with Crippen LogP contribution < -0.4 is 11.4 Å². The van der Waals surface area contributed by atoms with Gasteiger partial charge in [-0.05, 0) is 49.9 Å². The van der Waals surface area contributed by atoms with Crippen molar-refractivity contribution in [3.63, 3.8) is 0 Å². The zero-order valence-corrected chi connectivity index (χ0v) is 21.6. The predicted octanol–water partition coefficient (Wildman–Crippen LogP) is 3.82. The Balaban J connectivity index is 1.36. The smallest absolute Gasteiger partial charge is 0.329 e. The average Bonchev–Trinajstić information content (AvgIpc) is 3.11. The molecule has 2 aliphatic rings. The molecule has 2 N–H and O–H groups in total. The highest BCUT2D eigenvalue weighted by atomic mass is 35.5. The number of rotatable bonds is 6. The number of piperidine rings is 1. The van der Waals surface area contributed by atoms with E-state index in [4.69, 9.17) is 22.1 Å². The first kappa shape index (κ1) is 24.4. The van der Waals surface area contributed by atoms with Crippen molar-refractivity contribution in [2.24, 2.45) is 0 Å². The Labute approximate surface area is 212 Å². The highest BCUT2D eigenvalue weighted by molar-refractivity contribution is 6.33. The summed E-state index contributed by atoms with van der Waals surface area (Å²) in [4.78, 5) is 18.6. The van der Waals surface area contributed by atoms with E-state index >= 15 is 0 Å². The number of halogens is 1. The number of morpholine rings is 1. The highest BCUT2D eigenvalue weighted by Crippen LogP contribution is 2.31. The summed E-state index contributed by atoms with van der Waals surface area (Å²) in [5, 5.41) is 0.498. The SMILES string of the molecule is Cc1ccc(CN2CCC(n3c(=O)n(CCN4CCOCC4)c4cc(Cl)c(N)cc43)CC2)c(C)c1. The highest BCUT2D eigenvalue weighted by Gasteiger charge is 2.26. The van der Waals surface area contributed by atoms with E-state index in [0.29, 0.717) is 17.3 Å². The van der Waals surface area contributed by atoms with Gasteiger partial charge in [0.2, 0.25) is 0 Å². The Morgan fingerprint density at radius 1 is 0.971 bits per heavy atom. The molecule has 188 valence electrons. The van der Waals surface area contributed by atoms with Crippen molar-refractivity contribution in [1.82, 2.24) is 18.9 Å². The Morgan fingerprint density at radius 3 is 2.43 bits per heavy atom. The van der Waals surface area contributed by atoms with Crippen molar-refractivity contribution in [2.45, 2.75) is 45.8 Å². The molecule has 0 saturated carbocycles. The number of likely N-dealkylation sites (tertiary alicyclic amines) is 1. The number of ether oxygens (including phenoxy) is 1. The van der Waals surface area contributed by atoms with Crippen LogP contribution in [-0.2, 0) is 17.8 Å². The van der Waals surface area contributed by atoms with Gasteiger partial charge in [0.25, 0.3) is 0 Å². The quantitative estimate of drug-likeness (QED) is 0.524. The summed E-state index contributed by atoms with van der Waals surface area (Å²) in [6.07, 6.45) is 1.88. The fourth-order valence-electron chi connectivity index (χ4n) is 5.55. The second-order valence-corrected chi connectivity index (χ2v) is 10.5. The van der Waals surface area contributed by atoms with Crippen LogP contribution in [0.4, 0.5) is 5.69 Å². The monoisotopic (exact) mass is 497 g/mol. The number of nitrogens with zero attached hydrogens (tertiary/aromatic N) is 4. The van der Waals surface area contributed by atoms with Crippen LogP contribution in [-0.4, -0.2) is 64.9 Å². The lowest BCUT2D eigenvalue weighted by atomic mass is 10.0. The lowest BCUT2D eigenvalue weighted by molar-refractivity contribution is 0.0364. The standard InChI is InChI=1S/C27H36ClN5O2/c1-19-3-4-21(20(2)15-19)18-31-7-5-22(6-8-31)33-26-17-24(29)23(28)16-25(26)32(27(33)34)10-9-30-11-13-35-14-12-30/h3-4,15-17,22H,5-14,18,29H2,1-2H3. The molecule has 0 aliphatic carbocycles. The van der Waals surface area contributed by atoms with Gasteiger partial charge in [-0.1, -0.05) is 35.4 Å². The molecular formula is C27H36ClN5O2. The van der Waals surface area contributed by atoms with E-state index in [1.54, 1.807) is 0 Å². The number of aromatic nitrogens is 2. The minimum atomic E-state index is 0.0442. The number of nitrogen functional groups attached to an aromatic ring is 1. The third kappa shape index (κ3) is 5.14. The summed E-state index contributed by atoms with van der Waals surface area (Å²) in [7, 11) is 0. The van der Waals surface area contributed by atoms with Crippen LogP contribution in [0.3, 0.4) is 0 Å². The first-order chi connectivity index (χ1) is 16.9. The molecule has 8 heteroatoms. The molecule has 3 heterocycles. The van der Waals surface area contributed by atoms with E-state index < -0.39 is 0 Å². The van der Waals surface area contributed by atoms with Gasteiger partial charge in [0.1, 0.15) is 0 Å². The van der Waals surface area contributed by atoms with Crippen LogP contribution in [0.1, 0.15) is 35.6 Å². The third-order valence-electron chi connectivity index (χ3n) is 7.64. The number of hydrogen-bond acceptors (Lipinski definition) is 5. The molecule has 35 heavy (non-hydrogen) atoms. The minimum absolute atomic E-state index is 0.0442. The molecule has 0 bridgehead atoms. The first-order valence-corrected chi connectivity index (χ1v) is 13.1. The molecule has 0 unspecified atom stereocenters. The van der Waals surface area contributed by atoms with Gasteiger partial charge in [-0.3, -0.25) is 18.9 Å². The van der Waals surface area contributed by atoms with E-state index in [1.807, 2.05) is 21.3 Å². The van der Waals surface area contributed by atoms with E-state index in [9.17, 15) is 4.79 Å². The van der Waals surface area contributed by atoms with Crippen molar-refractivity contribution in [2.75, 3.05) is 51.7 Å². The first-order valence-electron chi connectivity index (χ1n) is 12.7. The van der Waals surface area contributed by atoms with Crippen LogP contribution in [0.25, 0.3) is 11.0 Å². The van der Waals surface area contributed by atoms with E-state index in [1.165, 1.54) is 16.7 Å². The number of nitrogens with two attached hydrogens (primary N) is 1. The molecule has 0 amide bonds. The summed E-state index contributed by atoms with van der Waals surface area (Å²) >= 11 is 6.39. The number of aryl methyl sites for hydroxylation is 2. The van der Waals surface area contributed by atoms with Gasteiger partial charge in [-0.25, -0.2) is 4.79 Å². The normalized spacial score (nSPS) is 18.5. The molecule has 1 aromatic heterocycles. The Bertz CT molecular complexity index is 1250. The fourth-order valence-corrected chi connectivity index (χ4v) is 5.71. The maximum atomic E-state index is 13.7. The van der Waals surface area contributed by atoms with Crippen LogP contribution in [0.15, 0.2) is 35.1 Å². The summed E-state index contributed by atoms with van der Waals surface area (Å²) in [6.45, 7) is 12.0. The van der Waals surface area contributed by atoms with Gasteiger partial charge >= 0.3 is 5.69 Å².